The van der Waals surface area contributed by atoms with E-state index in [1.165, 1.54) is 4.90 Å². The third-order valence-electron chi connectivity index (χ3n) is 5.62. The van der Waals surface area contributed by atoms with E-state index in [-0.39, 0.29) is 18.3 Å². The Kier molecular flexibility index (Phi) is 5.46. The second kappa shape index (κ2) is 8.74. The molecule has 2 aromatic heterocycles. The van der Waals surface area contributed by atoms with Crippen LogP contribution in [-0.4, -0.2) is 56.7 Å². The Bertz CT molecular complexity index is 1410. The molecule has 10 heteroatoms. The molecule has 2 amide bonds. The van der Waals surface area contributed by atoms with Crippen LogP contribution in [0.2, 0.25) is 0 Å². The lowest BCUT2D eigenvalue weighted by atomic mass is 10.0. The van der Waals surface area contributed by atoms with Gasteiger partial charge in [-0.05, 0) is 17.2 Å². The topological polar surface area (TPSA) is 126 Å². The Hall–Kier alpha value is -4.60. The molecule has 170 valence electrons. The number of likely N-dealkylation sites (N-methyl/N-ethyl adjacent to an activating group) is 1. The van der Waals surface area contributed by atoms with Gasteiger partial charge in [-0.15, -0.1) is 5.10 Å². The molecule has 0 saturated heterocycles. The molecular formula is C24H21N7O3. The minimum atomic E-state index is -0.919. The summed E-state index contributed by atoms with van der Waals surface area (Å²) in [5.74, 6) is 0.0588. The van der Waals surface area contributed by atoms with Crippen LogP contribution in [0.3, 0.4) is 0 Å². The number of H-pyrrole nitrogens is 1. The number of carbonyl (C=O) groups excluding carboxylic acids is 2. The number of nitrogens with zero attached hydrogens (tertiary/aromatic N) is 5. The number of amides is 2. The number of aromatic amines is 1. The van der Waals surface area contributed by atoms with Gasteiger partial charge in [-0.3, -0.25) is 24.7 Å². The molecule has 0 aliphatic carbocycles. The first kappa shape index (κ1) is 21.3. The first-order valence-corrected chi connectivity index (χ1v) is 10.6. The maximum absolute atomic E-state index is 13.1. The quantitative estimate of drug-likeness (QED) is 0.472. The minimum Gasteiger partial charge on any atom is -0.489 e. The predicted molar refractivity (Wildman–Crippen MR) is 125 cm³/mol. The van der Waals surface area contributed by atoms with Gasteiger partial charge in [0.15, 0.2) is 0 Å². The molecule has 5 rings (SSSR count). The van der Waals surface area contributed by atoms with E-state index in [9.17, 15) is 9.59 Å². The maximum Gasteiger partial charge on any atom is 0.291 e. The molecule has 0 fully saturated rings. The summed E-state index contributed by atoms with van der Waals surface area (Å²) in [5.41, 5.74) is 3.82. The van der Waals surface area contributed by atoms with E-state index in [2.05, 4.69) is 37.0 Å². The Balaban J connectivity index is 1.32. The molecule has 34 heavy (non-hydrogen) atoms. The van der Waals surface area contributed by atoms with Crippen molar-refractivity contribution in [3.05, 3.63) is 78.1 Å². The number of hydrogen-bond acceptors (Lipinski definition) is 7. The normalized spacial score (nSPS) is 15.4. The second-order valence-corrected chi connectivity index (χ2v) is 7.78. The van der Waals surface area contributed by atoms with Gasteiger partial charge in [-0.2, -0.15) is 0 Å². The van der Waals surface area contributed by atoms with E-state index < -0.39 is 11.9 Å². The lowest BCUT2D eigenvalue weighted by Crippen LogP contribution is -2.49. The Labute approximate surface area is 194 Å². The summed E-state index contributed by atoms with van der Waals surface area (Å²) in [6.07, 6.45) is 5.39. The van der Waals surface area contributed by atoms with Gasteiger partial charge >= 0.3 is 0 Å². The van der Waals surface area contributed by atoms with Crippen molar-refractivity contribution >= 4 is 34.6 Å². The predicted octanol–water partition coefficient (Wildman–Crippen LogP) is 2.14. The number of fused-ring (bicyclic) bond motifs is 2. The van der Waals surface area contributed by atoms with Crippen molar-refractivity contribution in [2.24, 2.45) is 0 Å². The zero-order valence-electron chi connectivity index (χ0n) is 18.4. The SMILES string of the molecule is C=Cc1ccccc1Cc1nc(C(=O)N[C@H]2COc3cc4nccnc4cc3N(C)C2=O)n[nH]1. The number of ether oxygens (including phenoxy) is 1. The molecule has 0 saturated carbocycles. The van der Waals surface area contributed by atoms with Crippen LogP contribution in [0.4, 0.5) is 5.69 Å². The highest BCUT2D eigenvalue weighted by Crippen LogP contribution is 2.33. The second-order valence-electron chi connectivity index (χ2n) is 7.78. The highest BCUT2D eigenvalue weighted by Gasteiger charge is 2.32. The van der Waals surface area contributed by atoms with Gasteiger partial charge in [0.2, 0.25) is 5.82 Å². The fourth-order valence-electron chi connectivity index (χ4n) is 3.83. The zero-order chi connectivity index (χ0) is 23.7. The van der Waals surface area contributed by atoms with Gasteiger partial charge < -0.3 is 15.0 Å². The number of nitrogens with one attached hydrogen (secondary N) is 2. The van der Waals surface area contributed by atoms with Crippen LogP contribution < -0.4 is 15.0 Å². The summed E-state index contributed by atoms with van der Waals surface area (Å²) < 4.78 is 5.85. The van der Waals surface area contributed by atoms with Gasteiger partial charge in [0, 0.05) is 31.9 Å². The van der Waals surface area contributed by atoms with Crippen molar-refractivity contribution in [3.63, 3.8) is 0 Å². The Morgan fingerprint density at radius 2 is 2.03 bits per heavy atom. The fourth-order valence-corrected chi connectivity index (χ4v) is 3.83. The van der Waals surface area contributed by atoms with E-state index in [4.69, 9.17) is 4.74 Å². The third-order valence-corrected chi connectivity index (χ3v) is 5.62. The van der Waals surface area contributed by atoms with Crippen molar-refractivity contribution in [2.75, 3.05) is 18.6 Å². The van der Waals surface area contributed by atoms with Crippen molar-refractivity contribution in [2.45, 2.75) is 12.5 Å². The monoisotopic (exact) mass is 455 g/mol. The van der Waals surface area contributed by atoms with Crippen molar-refractivity contribution < 1.29 is 14.3 Å². The molecule has 4 aromatic rings. The molecule has 0 unspecified atom stereocenters. The number of benzene rings is 2. The summed E-state index contributed by atoms with van der Waals surface area (Å²) in [5, 5.41) is 9.50. The maximum atomic E-state index is 13.1. The van der Waals surface area contributed by atoms with Gasteiger partial charge in [0.25, 0.3) is 11.8 Å². The lowest BCUT2D eigenvalue weighted by molar-refractivity contribution is -0.120. The lowest BCUT2D eigenvalue weighted by Gasteiger charge is -2.20. The average molecular weight is 455 g/mol. The summed E-state index contributed by atoms with van der Waals surface area (Å²) in [6, 6.07) is 10.3. The smallest absolute Gasteiger partial charge is 0.291 e. The first-order chi connectivity index (χ1) is 16.5. The van der Waals surface area contributed by atoms with E-state index >= 15 is 0 Å². The van der Waals surface area contributed by atoms with E-state index in [1.54, 1.807) is 37.7 Å². The molecule has 0 spiro atoms. The molecule has 1 aliphatic heterocycles. The van der Waals surface area contributed by atoms with Gasteiger partial charge in [-0.25, -0.2) is 4.98 Å². The number of rotatable bonds is 5. The number of aromatic nitrogens is 5. The number of carbonyl (C=O) groups is 2. The molecule has 0 radical (unpaired) electrons. The Morgan fingerprint density at radius 3 is 2.82 bits per heavy atom. The van der Waals surface area contributed by atoms with E-state index in [0.29, 0.717) is 34.7 Å². The molecule has 1 atom stereocenters. The molecular weight excluding hydrogens is 434 g/mol. The number of hydrogen-bond donors (Lipinski definition) is 2. The van der Waals surface area contributed by atoms with Crippen LogP contribution in [0, 0.1) is 0 Å². The number of anilines is 1. The first-order valence-electron chi connectivity index (χ1n) is 10.6. The third kappa shape index (κ3) is 3.96. The van der Waals surface area contributed by atoms with Crippen LogP contribution >= 0.6 is 0 Å². The molecule has 3 heterocycles. The van der Waals surface area contributed by atoms with Crippen molar-refractivity contribution in [3.8, 4) is 5.75 Å². The minimum absolute atomic E-state index is 0.0440. The largest absolute Gasteiger partial charge is 0.489 e. The highest BCUT2D eigenvalue weighted by molar-refractivity contribution is 6.03. The molecule has 0 bridgehead atoms. The highest BCUT2D eigenvalue weighted by atomic mass is 16.5. The Morgan fingerprint density at radius 1 is 1.26 bits per heavy atom. The molecule has 2 N–H and O–H groups in total. The van der Waals surface area contributed by atoms with Gasteiger partial charge in [-0.1, -0.05) is 36.9 Å². The van der Waals surface area contributed by atoms with E-state index in [0.717, 1.165) is 11.1 Å². The zero-order valence-corrected chi connectivity index (χ0v) is 18.4. The van der Waals surface area contributed by atoms with Crippen LogP contribution in [0.1, 0.15) is 27.6 Å². The fraction of sp³-hybridized carbons (Fsp3) is 0.167. The van der Waals surface area contributed by atoms with Crippen LogP contribution in [0.25, 0.3) is 17.1 Å². The summed E-state index contributed by atoms with van der Waals surface area (Å²) >= 11 is 0. The molecule has 2 aromatic carbocycles. The van der Waals surface area contributed by atoms with Crippen molar-refractivity contribution in [1.82, 2.24) is 30.5 Å². The molecule has 10 nitrogen and oxygen atoms in total. The van der Waals surface area contributed by atoms with Crippen molar-refractivity contribution in [1.29, 1.82) is 0 Å². The van der Waals surface area contributed by atoms with E-state index in [1.807, 2.05) is 24.3 Å². The summed E-state index contributed by atoms with van der Waals surface area (Å²) in [7, 11) is 1.62. The van der Waals surface area contributed by atoms with Crippen LogP contribution in [0.5, 0.6) is 5.75 Å². The summed E-state index contributed by atoms with van der Waals surface area (Å²) in [6.45, 7) is 3.77. The molecule has 1 aliphatic rings. The van der Waals surface area contributed by atoms with Gasteiger partial charge in [0.05, 0.1) is 16.7 Å². The standard InChI is InChI=1S/C24H21N7O3/c1-3-14-6-4-5-7-15(14)10-21-28-22(30-29-21)23(32)27-18-13-34-20-12-17-16(25-8-9-26-17)11-19(20)31(2)24(18)33/h3-9,11-12,18H,1,10,13H2,2H3,(H,27,32)(H,28,29,30)/t18-/m0/s1. The summed E-state index contributed by atoms with van der Waals surface area (Å²) in [4.78, 5) is 40.2. The average Bonchev–Trinajstić information content (AvgIpc) is 3.30. The van der Waals surface area contributed by atoms with Crippen LogP contribution in [0.15, 0.2) is 55.4 Å². The van der Waals surface area contributed by atoms with Crippen LogP contribution in [-0.2, 0) is 11.2 Å². The van der Waals surface area contributed by atoms with Gasteiger partial charge in [0.1, 0.15) is 24.2 Å².